The zero-order valence-electron chi connectivity index (χ0n) is 24.6. The number of benzene rings is 3. The van der Waals surface area contributed by atoms with Crippen LogP contribution in [0.15, 0.2) is 60.7 Å². The van der Waals surface area contributed by atoms with Crippen LogP contribution in [0.2, 0.25) is 0 Å². The quantitative estimate of drug-likeness (QED) is 0.135. The first-order chi connectivity index (χ1) is 19.1. The van der Waals surface area contributed by atoms with Crippen LogP contribution in [0, 0.1) is 11.6 Å². The Morgan fingerprint density at radius 3 is 1.38 bits per heavy atom. The van der Waals surface area contributed by atoms with Crippen molar-refractivity contribution in [3.05, 3.63) is 83.4 Å². The van der Waals surface area contributed by atoms with E-state index in [4.69, 9.17) is 0 Å². The van der Waals surface area contributed by atoms with Gasteiger partial charge < -0.3 is 0 Å². The highest BCUT2D eigenvalue weighted by Gasteiger charge is 2.15. The molecule has 0 saturated carbocycles. The lowest BCUT2D eigenvalue weighted by molar-refractivity contribution is 0.496. The lowest BCUT2D eigenvalue weighted by Crippen LogP contribution is -1.98. The summed E-state index contributed by atoms with van der Waals surface area (Å²) in [6, 6.07) is 20.1. The normalized spacial score (nSPS) is 11.3. The van der Waals surface area contributed by atoms with Crippen molar-refractivity contribution >= 4 is 0 Å². The number of aryl methyl sites for hydroxylation is 2. The molecule has 0 atom stereocenters. The van der Waals surface area contributed by atoms with Crippen LogP contribution in [-0.4, -0.2) is 0 Å². The topological polar surface area (TPSA) is 0 Å². The van der Waals surface area contributed by atoms with Crippen LogP contribution in [0.4, 0.5) is 8.78 Å². The Labute approximate surface area is 237 Å². The Kier molecular flexibility index (Phi) is 14.3. The van der Waals surface area contributed by atoms with Gasteiger partial charge in [-0.05, 0) is 53.5 Å². The Hall–Kier alpha value is -2.48. The van der Waals surface area contributed by atoms with Crippen molar-refractivity contribution in [3.8, 4) is 22.3 Å². The molecule has 39 heavy (non-hydrogen) atoms. The van der Waals surface area contributed by atoms with Gasteiger partial charge in [-0.1, -0.05) is 158 Å². The van der Waals surface area contributed by atoms with Gasteiger partial charge in [0.15, 0.2) is 11.6 Å². The third kappa shape index (κ3) is 10.5. The molecule has 0 radical (unpaired) electrons. The maximum Gasteiger partial charge on any atom is 0.166 e. The average Bonchev–Trinajstić information content (AvgIpc) is 2.96. The largest absolute Gasteiger partial charge is 0.203 e. The molecule has 0 bridgehead atoms. The first kappa shape index (κ1) is 31.1. The van der Waals surface area contributed by atoms with E-state index in [9.17, 15) is 4.39 Å². The molecule has 2 heteroatoms. The average molecular weight is 533 g/mol. The summed E-state index contributed by atoms with van der Waals surface area (Å²) in [5.41, 5.74) is 5.16. The van der Waals surface area contributed by atoms with E-state index in [1.165, 1.54) is 89.0 Å². The van der Waals surface area contributed by atoms with Gasteiger partial charge in [0.2, 0.25) is 0 Å². The fourth-order valence-corrected chi connectivity index (χ4v) is 5.45. The van der Waals surface area contributed by atoms with Gasteiger partial charge in [0.25, 0.3) is 0 Å². The summed E-state index contributed by atoms with van der Waals surface area (Å²) >= 11 is 0. The summed E-state index contributed by atoms with van der Waals surface area (Å²) in [5, 5.41) is 0. The predicted molar refractivity (Wildman–Crippen MR) is 165 cm³/mol. The van der Waals surface area contributed by atoms with Crippen LogP contribution >= 0.6 is 0 Å². The lowest BCUT2D eigenvalue weighted by Gasteiger charge is -2.10. The summed E-state index contributed by atoms with van der Waals surface area (Å²) < 4.78 is 29.9. The molecule has 0 amide bonds. The molecule has 0 aliphatic heterocycles. The van der Waals surface area contributed by atoms with E-state index >= 15 is 4.39 Å². The highest BCUT2D eigenvalue weighted by Crippen LogP contribution is 2.30. The van der Waals surface area contributed by atoms with E-state index in [1.807, 2.05) is 24.3 Å². The monoisotopic (exact) mass is 532 g/mol. The highest BCUT2D eigenvalue weighted by molar-refractivity contribution is 5.71. The molecule has 3 rings (SSSR count). The number of halogens is 2. The van der Waals surface area contributed by atoms with Crippen LogP contribution in [0.3, 0.4) is 0 Å². The van der Waals surface area contributed by atoms with Crippen molar-refractivity contribution in [2.75, 3.05) is 0 Å². The number of hydrogen-bond donors (Lipinski definition) is 0. The molecule has 0 fully saturated rings. The van der Waals surface area contributed by atoms with Crippen LogP contribution in [-0.2, 0) is 12.8 Å². The molecule has 0 unspecified atom stereocenters. The van der Waals surface area contributed by atoms with E-state index in [1.54, 1.807) is 12.1 Å². The zero-order chi connectivity index (χ0) is 27.7. The molecule has 0 aliphatic rings. The second-order valence-electron chi connectivity index (χ2n) is 11.3. The van der Waals surface area contributed by atoms with Gasteiger partial charge in [-0.25, -0.2) is 8.78 Å². The van der Waals surface area contributed by atoms with Gasteiger partial charge in [0.1, 0.15) is 0 Å². The number of unbranched alkanes of at least 4 members (excludes halogenated alkanes) is 13. The maximum atomic E-state index is 15.0. The first-order valence-corrected chi connectivity index (χ1v) is 15.8. The second-order valence-corrected chi connectivity index (χ2v) is 11.3. The molecular formula is C37H50F2. The van der Waals surface area contributed by atoms with E-state index in [2.05, 4.69) is 38.1 Å². The zero-order valence-corrected chi connectivity index (χ0v) is 24.6. The van der Waals surface area contributed by atoms with Gasteiger partial charge in [-0.15, -0.1) is 0 Å². The molecule has 0 heterocycles. The molecular weight excluding hydrogens is 482 g/mol. The molecule has 3 aromatic carbocycles. The molecule has 212 valence electrons. The fraction of sp³-hybridized carbons (Fsp3) is 0.514. The molecule has 0 saturated heterocycles. The van der Waals surface area contributed by atoms with Crippen molar-refractivity contribution in [2.24, 2.45) is 0 Å². The summed E-state index contributed by atoms with van der Waals surface area (Å²) in [6.45, 7) is 4.49. The molecule has 0 spiro atoms. The van der Waals surface area contributed by atoms with Crippen molar-refractivity contribution in [1.82, 2.24) is 0 Å². The van der Waals surface area contributed by atoms with E-state index in [0.29, 0.717) is 23.1 Å². The third-order valence-electron chi connectivity index (χ3n) is 8.01. The van der Waals surface area contributed by atoms with Gasteiger partial charge in [0, 0.05) is 5.56 Å². The van der Waals surface area contributed by atoms with Crippen LogP contribution in [0.25, 0.3) is 22.3 Å². The van der Waals surface area contributed by atoms with Crippen LogP contribution in [0.1, 0.15) is 121 Å². The summed E-state index contributed by atoms with van der Waals surface area (Å²) in [6.07, 6.45) is 20.6. The van der Waals surface area contributed by atoms with Gasteiger partial charge in [0.05, 0.1) is 0 Å². The van der Waals surface area contributed by atoms with Crippen molar-refractivity contribution in [1.29, 1.82) is 0 Å². The second kappa shape index (κ2) is 18.0. The van der Waals surface area contributed by atoms with Crippen LogP contribution < -0.4 is 0 Å². The Morgan fingerprint density at radius 1 is 0.410 bits per heavy atom. The smallest absolute Gasteiger partial charge is 0.166 e. The minimum absolute atomic E-state index is 0.337. The first-order valence-electron chi connectivity index (χ1n) is 15.8. The predicted octanol–water partition coefficient (Wildman–Crippen LogP) is 12.3. The SMILES string of the molecule is CCCCCCCCCCCCc1ccc(-c2ccc(-c3ccc(CCCCCCC)cc3)cc2)c(F)c1F. The molecule has 0 aliphatic carbocycles. The molecule has 0 nitrogen and oxygen atoms in total. The summed E-state index contributed by atoms with van der Waals surface area (Å²) in [7, 11) is 0. The van der Waals surface area contributed by atoms with Crippen LogP contribution in [0.5, 0.6) is 0 Å². The van der Waals surface area contributed by atoms with Gasteiger partial charge in [-0.3, -0.25) is 0 Å². The Morgan fingerprint density at radius 2 is 0.846 bits per heavy atom. The standard InChI is InChI=1S/C37H50F2/c1-3-5-7-9-10-11-12-13-15-17-19-34-28-29-35(37(39)36(34)38)33-26-24-32(25-27-33)31-22-20-30(21-23-31)18-16-14-8-6-4-2/h20-29H,3-19H2,1-2H3. The molecule has 3 aromatic rings. The Balaban J connectivity index is 1.47. The van der Waals surface area contributed by atoms with E-state index in [0.717, 1.165) is 30.4 Å². The third-order valence-corrected chi connectivity index (χ3v) is 8.01. The van der Waals surface area contributed by atoms with E-state index < -0.39 is 11.6 Å². The fourth-order valence-electron chi connectivity index (χ4n) is 5.45. The van der Waals surface area contributed by atoms with E-state index in [-0.39, 0.29) is 0 Å². The maximum absolute atomic E-state index is 15.0. The van der Waals surface area contributed by atoms with Gasteiger partial charge in [-0.2, -0.15) is 0 Å². The van der Waals surface area contributed by atoms with Crippen molar-refractivity contribution < 1.29 is 8.78 Å². The number of hydrogen-bond acceptors (Lipinski definition) is 0. The lowest BCUT2D eigenvalue weighted by atomic mass is 9.96. The summed E-state index contributed by atoms with van der Waals surface area (Å²) in [4.78, 5) is 0. The van der Waals surface area contributed by atoms with Crippen molar-refractivity contribution in [3.63, 3.8) is 0 Å². The molecule has 0 N–H and O–H groups in total. The Bertz CT molecular complexity index is 1070. The minimum Gasteiger partial charge on any atom is -0.203 e. The highest BCUT2D eigenvalue weighted by atomic mass is 19.2. The number of rotatable bonds is 19. The molecule has 0 aromatic heterocycles. The minimum atomic E-state index is -0.726. The van der Waals surface area contributed by atoms with Crippen molar-refractivity contribution in [2.45, 2.75) is 123 Å². The van der Waals surface area contributed by atoms with Gasteiger partial charge >= 0.3 is 0 Å². The summed E-state index contributed by atoms with van der Waals surface area (Å²) in [5.74, 6) is -1.41.